The molecule has 34 heteroatoms. The summed E-state index contributed by atoms with van der Waals surface area (Å²) in [6.07, 6.45) is 0. The third-order valence-corrected chi connectivity index (χ3v) is 12.1. The molecule has 0 saturated heterocycles. The van der Waals surface area contributed by atoms with Crippen molar-refractivity contribution in [2.75, 3.05) is 28.7 Å². The van der Waals surface area contributed by atoms with Crippen LogP contribution >= 0.6 is 0 Å². The van der Waals surface area contributed by atoms with Gasteiger partial charge in [-0.25, -0.2) is 0 Å². The number of phenolic OH excluding ortho intramolecular Hbond substituents is 1. The maximum Gasteiger partial charge on any atom is 0.296 e. The van der Waals surface area contributed by atoms with Gasteiger partial charge in [0.05, 0.1) is 56.6 Å². The van der Waals surface area contributed by atoms with Crippen LogP contribution in [-0.4, -0.2) is 175 Å². The van der Waals surface area contributed by atoms with Crippen LogP contribution in [0, 0.1) is 0 Å². The minimum atomic E-state index is -5.23. The first-order valence-corrected chi connectivity index (χ1v) is 22.8. The van der Waals surface area contributed by atoms with E-state index in [1.807, 2.05) is 0 Å². The Morgan fingerprint density at radius 3 is 0.985 bits per heavy atom. The number of nitrogen functional groups attached to an aromatic ring is 5. The number of hydrogen-bond donors (Lipinski definition) is 10. The van der Waals surface area contributed by atoms with Gasteiger partial charge in [0.1, 0.15) is 42.3 Å². The first-order chi connectivity index (χ1) is 29.7. The summed E-state index contributed by atoms with van der Waals surface area (Å²) in [5.41, 5.74) is 26.2. The van der Waals surface area contributed by atoms with E-state index in [9.17, 15) is 57.0 Å². The fourth-order valence-corrected chi connectivity index (χ4v) is 8.11. The Morgan fingerprint density at radius 1 is 0.368 bits per heavy atom. The standard InChI is InChI=1S/C34H29N13O13S4.4Na/c35-20-11-22(37)26(61(49,50)51)13-24(20)44-40-16-1-5-18(6-2-16)42-46-32-28(63(55,56)57)9-15-10-29(64(58,59)60)33(34(48)30(15)31(32)39)47-43-19-7-3-17(4-8-19)41-45-25-14-27(62(52,53)54)23(38)12-21(25)36;;;;/h1-14,48H,35-39H2,(H,49,50,51)(H,52,53,54)(H,55,56,57)(H,58,59,60);;;;. The summed E-state index contributed by atoms with van der Waals surface area (Å²) in [6.45, 7) is 0. The van der Waals surface area contributed by atoms with Gasteiger partial charge in [-0.2, -0.15) is 54.1 Å². The molecule has 0 heterocycles. The molecule has 6 rings (SSSR count). The van der Waals surface area contributed by atoms with Gasteiger partial charge in [-0.1, -0.05) is 0 Å². The molecule has 0 aliphatic rings. The molecule has 15 N–H and O–H groups in total. The zero-order valence-electron chi connectivity index (χ0n) is 35.7. The minimum Gasteiger partial charge on any atom is -0.505 e. The number of anilines is 5. The number of fused-ring (bicyclic) bond motifs is 1. The van der Waals surface area contributed by atoms with Gasteiger partial charge < -0.3 is 33.8 Å². The van der Waals surface area contributed by atoms with Crippen molar-refractivity contribution in [1.29, 1.82) is 0 Å². The molecule has 6 aromatic rings. The van der Waals surface area contributed by atoms with Crippen molar-refractivity contribution in [3.8, 4) is 5.75 Å². The molecule has 0 bridgehead atoms. The topological polar surface area (TPSA) is 467 Å². The zero-order chi connectivity index (χ0) is 47.1. The molecular formula is C34H29N13Na4O13S4. The molecular weight excluding hydrogens is 1020 g/mol. The van der Waals surface area contributed by atoms with Crippen molar-refractivity contribution in [2.45, 2.75) is 19.6 Å². The fraction of sp³-hybridized carbons (Fsp3) is 0. The van der Waals surface area contributed by atoms with Crippen LogP contribution in [-0.2, 0) is 40.5 Å². The molecule has 0 aromatic heterocycles. The van der Waals surface area contributed by atoms with Gasteiger partial charge in [0.2, 0.25) is 0 Å². The molecule has 0 spiro atoms. The van der Waals surface area contributed by atoms with Gasteiger partial charge in [0.25, 0.3) is 40.5 Å². The van der Waals surface area contributed by atoms with E-state index in [1.54, 1.807) is 0 Å². The van der Waals surface area contributed by atoms with Gasteiger partial charge in [-0.3, -0.25) is 18.2 Å². The summed E-state index contributed by atoms with van der Waals surface area (Å²) < 4.78 is 135. The van der Waals surface area contributed by atoms with Crippen LogP contribution < -0.4 is 28.7 Å². The monoisotopic (exact) mass is 1050 g/mol. The van der Waals surface area contributed by atoms with Crippen molar-refractivity contribution in [3.05, 3.63) is 84.9 Å². The number of nitrogens with zero attached hydrogens (tertiary/aromatic N) is 8. The predicted octanol–water partition coefficient (Wildman–Crippen LogP) is 5.58. The summed E-state index contributed by atoms with van der Waals surface area (Å²) in [5.74, 6) is -1.03. The van der Waals surface area contributed by atoms with Gasteiger partial charge in [-0.05, 0) is 90.3 Å². The normalized spacial score (nSPS) is 12.2. The Kier molecular flexibility index (Phi) is 21.0. The summed E-state index contributed by atoms with van der Waals surface area (Å²) in [7, 11) is -19.8. The molecule has 0 atom stereocenters. The smallest absolute Gasteiger partial charge is 0.296 e. The van der Waals surface area contributed by atoms with Crippen LogP contribution in [0.4, 0.5) is 73.9 Å². The number of hydrogen-bond acceptors (Lipinski definition) is 22. The van der Waals surface area contributed by atoms with E-state index in [1.165, 1.54) is 48.5 Å². The Labute approximate surface area is 474 Å². The molecule has 0 unspecified atom stereocenters. The van der Waals surface area contributed by atoms with E-state index >= 15 is 0 Å². The van der Waals surface area contributed by atoms with E-state index in [0.717, 1.165) is 24.3 Å². The quantitative estimate of drug-likeness (QED) is 0.0309. The molecule has 0 fully saturated rings. The van der Waals surface area contributed by atoms with E-state index in [0.29, 0.717) is 12.1 Å². The van der Waals surface area contributed by atoms with E-state index in [2.05, 4.69) is 40.9 Å². The third-order valence-electron chi connectivity index (χ3n) is 8.52. The Hall–Kier alpha value is -3.58. The number of phenols is 1. The average Bonchev–Trinajstić information content (AvgIpc) is 3.18. The van der Waals surface area contributed by atoms with Crippen molar-refractivity contribution in [2.24, 2.45) is 40.9 Å². The number of benzene rings is 6. The van der Waals surface area contributed by atoms with Crippen molar-refractivity contribution < 1.29 is 57.0 Å². The predicted molar refractivity (Wildman–Crippen MR) is 252 cm³/mol. The number of azo groups is 4. The maximum absolute atomic E-state index is 12.5. The fourth-order valence-electron chi connectivity index (χ4n) is 5.54. The number of aromatic hydroxyl groups is 1. The molecule has 0 amide bonds. The van der Waals surface area contributed by atoms with Crippen LogP contribution in [0.2, 0.25) is 0 Å². The first-order valence-electron chi connectivity index (χ1n) is 17.0. The molecule has 0 saturated carbocycles. The van der Waals surface area contributed by atoms with Crippen LogP contribution in [0.15, 0.2) is 145 Å². The Bertz CT molecular complexity index is 3290. The molecule has 68 heavy (non-hydrogen) atoms. The first kappa shape index (κ1) is 60.5. The van der Waals surface area contributed by atoms with E-state index in [4.69, 9.17) is 28.7 Å². The second-order valence-electron chi connectivity index (χ2n) is 12.9. The largest absolute Gasteiger partial charge is 0.505 e. The summed E-state index contributed by atoms with van der Waals surface area (Å²) in [5, 5.41) is 41.6. The van der Waals surface area contributed by atoms with Crippen LogP contribution in [0.5, 0.6) is 5.75 Å². The number of nitrogens with two attached hydrogens (primary N) is 5. The molecule has 4 radical (unpaired) electrons. The molecule has 26 nitrogen and oxygen atoms in total. The molecule has 0 aliphatic carbocycles. The second-order valence-corrected chi connectivity index (χ2v) is 18.5. The van der Waals surface area contributed by atoms with E-state index < -0.39 is 93.6 Å². The summed E-state index contributed by atoms with van der Waals surface area (Å²) >= 11 is 0. The van der Waals surface area contributed by atoms with Gasteiger partial charge in [0.15, 0.2) is 5.75 Å². The van der Waals surface area contributed by atoms with Gasteiger partial charge in [0, 0.05) is 118 Å². The molecule has 0 aliphatic heterocycles. The molecule has 336 valence electrons. The average molecular weight is 1050 g/mol. The third kappa shape index (κ3) is 14.3. The second kappa shape index (κ2) is 23.6. The summed E-state index contributed by atoms with van der Waals surface area (Å²) in [6, 6.07) is 16.0. The summed E-state index contributed by atoms with van der Waals surface area (Å²) in [4.78, 5) is -3.33. The van der Waals surface area contributed by atoms with Crippen molar-refractivity contribution in [1.82, 2.24) is 0 Å². The van der Waals surface area contributed by atoms with Crippen LogP contribution in [0.25, 0.3) is 10.8 Å². The van der Waals surface area contributed by atoms with E-state index in [-0.39, 0.29) is 175 Å². The minimum absolute atomic E-state index is 0. The Balaban J connectivity index is 0.00000397. The van der Waals surface area contributed by atoms with Gasteiger partial charge >= 0.3 is 0 Å². The van der Waals surface area contributed by atoms with Gasteiger partial charge in [-0.15, -0.1) is 20.5 Å². The zero-order valence-corrected chi connectivity index (χ0v) is 46.9. The Morgan fingerprint density at radius 2 is 0.662 bits per heavy atom. The maximum atomic E-state index is 12.5. The van der Waals surface area contributed by atoms with Crippen molar-refractivity contribution >= 4 is 243 Å². The van der Waals surface area contributed by atoms with Crippen LogP contribution in [0.3, 0.4) is 0 Å². The molecule has 6 aromatic carbocycles. The number of rotatable bonds is 12. The van der Waals surface area contributed by atoms with Crippen LogP contribution in [0.1, 0.15) is 0 Å². The van der Waals surface area contributed by atoms with Crippen molar-refractivity contribution in [3.63, 3.8) is 0 Å². The SMILES string of the molecule is Nc1cc(N)c(S(=O)(=O)O)cc1N=Nc1ccc(N=Nc2c(S(=O)(=O)O)cc3cc(S(=O)(=O)O)c(N=Nc4ccc(N=Nc5cc(S(=O)(=O)O)c(N)cc5N)cc4)c(O)c3c2N)cc1.[Na].[Na].[Na].[Na].